The first-order chi connectivity index (χ1) is 15.2. The largest absolute Gasteiger partial charge is 0.495 e. The van der Waals surface area contributed by atoms with Crippen LogP contribution in [-0.4, -0.2) is 32.3 Å². The average Bonchev–Trinajstić information content (AvgIpc) is 2.76. The molecular formula is C22H19BrCl2N2O4S. The number of benzene rings is 3. The molecule has 0 radical (unpaired) electrons. The molecule has 3 aromatic rings. The molecule has 0 saturated heterocycles. The summed E-state index contributed by atoms with van der Waals surface area (Å²) in [5, 5.41) is 3.35. The first-order valence-corrected chi connectivity index (χ1v) is 12.3. The summed E-state index contributed by atoms with van der Waals surface area (Å²) in [6, 6.07) is 17.9. The molecule has 168 valence electrons. The van der Waals surface area contributed by atoms with Crippen molar-refractivity contribution in [2.24, 2.45) is 0 Å². The highest BCUT2D eigenvalue weighted by atomic mass is 79.9. The molecule has 1 N–H and O–H groups in total. The molecule has 0 spiro atoms. The first kappa shape index (κ1) is 24.5. The summed E-state index contributed by atoms with van der Waals surface area (Å²) in [7, 11) is -2.51. The van der Waals surface area contributed by atoms with Gasteiger partial charge in [-0.3, -0.25) is 4.79 Å². The van der Waals surface area contributed by atoms with E-state index in [1.807, 2.05) is 0 Å². The second-order valence-electron chi connectivity index (χ2n) is 6.72. The van der Waals surface area contributed by atoms with Crippen molar-refractivity contribution in [1.82, 2.24) is 4.31 Å². The number of rotatable bonds is 8. The van der Waals surface area contributed by atoms with E-state index < -0.39 is 22.5 Å². The zero-order valence-corrected chi connectivity index (χ0v) is 20.8. The van der Waals surface area contributed by atoms with Gasteiger partial charge < -0.3 is 10.1 Å². The molecule has 0 bridgehead atoms. The third kappa shape index (κ3) is 6.02. The Balaban J connectivity index is 1.91. The average molecular weight is 558 g/mol. The van der Waals surface area contributed by atoms with Gasteiger partial charge >= 0.3 is 0 Å². The number of nitrogens with zero attached hydrogens (tertiary/aromatic N) is 1. The van der Waals surface area contributed by atoms with Crippen molar-refractivity contribution in [3.8, 4) is 5.75 Å². The molecule has 0 atom stereocenters. The molecule has 0 saturated carbocycles. The summed E-state index contributed by atoms with van der Waals surface area (Å²) in [5.41, 5.74) is 1.03. The Kier molecular flexibility index (Phi) is 8.19. The van der Waals surface area contributed by atoms with Gasteiger partial charge in [0, 0.05) is 11.0 Å². The number of halogens is 3. The quantitative estimate of drug-likeness (QED) is 0.391. The Labute approximate surface area is 205 Å². The van der Waals surface area contributed by atoms with Crippen LogP contribution < -0.4 is 10.1 Å². The lowest BCUT2D eigenvalue weighted by molar-refractivity contribution is -0.116. The molecule has 0 unspecified atom stereocenters. The normalized spacial score (nSPS) is 11.4. The molecule has 10 heteroatoms. The fourth-order valence-corrected chi connectivity index (χ4v) is 4.89. The van der Waals surface area contributed by atoms with Gasteiger partial charge in [0.15, 0.2) is 0 Å². The molecule has 1 amide bonds. The maximum absolute atomic E-state index is 13.4. The smallest absolute Gasteiger partial charge is 0.243 e. The minimum absolute atomic E-state index is 0.0610. The third-order valence-corrected chi connectivity index (χ3v) is 7.57. The summed E-state index contributed by atoms with van der Waals surface area (Å²) in [6.07, 6.45) is 0. The Hall–Kier alpha value is -2.10. The van der Waals surface area contributed by atoms with E-state index in [2.05, 4.69) is 21.2 Å². The van der Waals surface area contributed by atoms with Gasteiger partial charge in [0.1, 0.15) is 5.75 Å². The molecule has 0 aromatic heterocycles. The molecule has 3 rings (SSSR count). The van der Waals surface area contributed by atoms with Crippen LogP contribution in [0.2, 0.25) is 10.0 Å². The van der Waals surface area contributed by atoms with Crippen molar-refractivity contribution < 1.29 is 17.9 Å². The SMILES string of the molecule is COc1ccccc1NC(=O)CN(Cc1ccc(Cl)c(Cl)c1)S(=O)(=O)c1ccc(Br)cc1. The number of para-hydroxylation sites is 2. The molecule has 0 fully saturated rings. The van der Waals surface area contributed by atoms with E-state index in [9.17, 15) is 13.2 Å². The van der Waals surface area contributed by atoms with Crippen LogP contribution in [0.4, 0.5) is 5.69 Å². The van der Waals surface area contributed by atoms with Crippen molar-refractivity contribution >= 4 is 60.7 Å². The highest BCUT2D eigenvalue weighted by Crippen LogP contribution is 2.26. The molecule has 0 aliphatic rings. The van der Waals surface area contributed by atoms with Gasteiger partial charge in [0.2, 0.25) is 15.9 Å². The lowest BCUT2D eigenvalue weighted by Gasteiger charge is -2.22. The highest BCUT2D eigenvalue weighted by Gasteiger charge is 2.27. The molecule has 0 aliphatic carbocycles. The first-order valence-electron chi connectivity index (χ1n) is 9.33. The van der Waals surface area contributed by atoms with Gasteiger partial charge in [0.05, 0.1) is 34.3 Å². The van der Waals surface area contributed by atoms with Gasteiger partial charge in [-0.1, -0.05) is 57.3 Å². The number of ether oxygens (including phenoxy) is 1. The van der Waals surface area contributed by atoms with Gasteiger partial charge in [-0.15, -0.1) is 0 Å². The van der Waals surface area contributed by atoms with Gasteiger partial charge in [0.25, 0.3) is 0 Å². The van der Waals surface area contributed by atoms with Crippen LogP contribution in [0.15, 0.2) is 76.1 Å². The van der Waals surface area contributed by atoms with Crippen LogP contribution in [0.25, 0.3) is 0 Å². The number of amides is 1. The van der Waals surface area contributed by atoms with Crippen LogP contribution in [0.1, 0.15) is 5.56 Å². The van der Waals surface area contributed by atoms with Crippen molar-refractivity contribution in [2.45, 2.75) is 11.4 Å². The summed E-state index contributed by atoms with van der Waals surface area (Å²) in [4.78, 5) is 12.9. The van der Waals surface area contributed by atoms with Crippen molar-refractivity contribution in [3.05, 3.63) is 86.8 Å². The zero-order valence-electron chi connectivity index (χ0n) is 16.9. The number of anilines is 1. The van der Waals surface area contributed by atoms with E-state index in [0.717, 1.165) is 8.78 Å². The van der Waals surface area contributed by atoms with Crippen LogP contribution in [0.3, 0.4) is 0 Å². The minimum atomic E-state index is -4.00. The minimum Gasteiger partial charge on any atom is -0.495 e. The lowest BCUT2D eigenvalue weighted by atomic mass is 10.2. The standard InChI is InChI=1S/C22H19BrCl2N2O4S/c1-31-21-5-3-2-4-20(21)26-22(28)14-27(13-15-6-11-18(24)19(25)12-15)32(29,30)17-9-7-16(23)8-10-17/h2-12H,13-14H2,1H3,(H,26,28). The van der Waals surface area contributed by atoms with E-state index in [1.165, 1.54) is 19.2 Å². The number of hydrogen-bond donors (Lipinski definition) is 1. The Bertz CT molecular complexity index is 1220. The third-order valence-electron chi connectivity index (χ3n) is 4.50. The number of carbonyl (C=O) groups excluding carboxylic acids is 1. The monoisotopic (exact) mass is 556 g/mol. The Morgan fingerprint density at radius 1 is 1.03 bits per heavy atom. The maximum atomic E-state index is 13.4. The Morgan fingerprint density at radius 2 is 1.72 bits per heavy atom. The second kappa shape index (κ2) is 10.7. The topological polar surface area (TPSA) is 75.7 Å². The van der Waals surface area contributed by atoms with E-state index in [-0.39, 0.29) is 11.4 Å². The Morgan fingerprint density at radius 3 is 2.38 bits per heavy atom. The predicted octanol–water partition coefficient (Wildman–Crippen LogP) is 5.59. The van der Waals surface area contributed by atoms with E-state index in [4.69, 9.17) is 27.9 Å². The van der Waals surface area contributed by atoms with Crippen molar-refractivity contribution in [2.75, 3.05) is 19.0 Å². The van der Waals surface area contributed by atoms with Gasteiger partial charge in [-0.25, -0.2) is 8.42 Å². The predicted molar refractivity (Wildman–Crippen MR) is 130 cm³/mol. The number of hydrogen-bond acceptors (Lipinski definition) is 4. The number of methoxy groups -OCH3 is 1. The van der Waals surface area contributed by atoms with E-state index in [0.29, 0.717) is 27.0 Å². The van der Waals surface area contributed by atoms with Crippen LogP contribution >= 0.6 is 39.1 Å². The fourth-order valence-electron chi connectivity index (χ4n) is 2.92. The zero-order chi connectivity index (χ0) is 23.3. The van der Waals surface area contributed by atoms with Crippen molar-refractivity contribution in [3.63, 3.8) is 0 Å². The second-order valence-corrected chi connectivity index (χ2v) is 10.4. The lowest BCUT2D eigenvalue weighted by Crippen LogP contribution is -2.37. The number of carbonyl (C=O) groups is 1. The summed E-state index contributed by atoms with van der Waals surface area (Å²) >= 11 is 15.4. The molecule has 32 heavy (non-hydrogen) atoms. The maximum Gasteiger partial charge on any atom is 0.243 e. The summed E-state index contributed by atoms with van der Waals surface area (Å²) < 4.78 is 33.8. The van der Waals surface area contributed by atoms with Crippen LogP contribution in [-0.2, 0) is 21.4 Å². The van der Waals surface area contributed by atoms with Gasteiger partial charge in [-0.05, 0) is 54.1 Å². The van der Waals surface area contributed by atoms with E-state index in [1.54, 1.807) is 54.6 Å². The molecular weight excluding hydrogens is 539 g/mol. The molecule has 0 heterocycles. The number of nitrogens with one attached hydrogen (secondary N) is 1. The fraction of sp³-hybridized carbons (Fsp3) is 0.136. The summed E-state index contributed by atoms with van der Waals surface area (Å²) in [5.74, 6) is -0.0529. The highest BCUT2D eigenvalue weighted by molar-refractivity contribution is 9.10. The number of sulfonamides is 1. The van der Waals surface area contributed by atoms with Gasteiger partial charge in [-0.2, -0.15) is 4.31 Å². The van der Waals surface area contributed by atoms with Crippen molar-refractivity contribution in [1.29, 1.82) is 0 Å². The summed E-state index contributed by atoms with van der Waals surface area (Å²) in [6.45, 7) is -0.495. The molecule has 3 aromatic carbocycles. The molecule has 6 nitrogen and oxygen atoms in total. The molecule has 0 aliphatic heterocycles. The van der Waals surface area contributed by atoms with Crippen LogP contribution in [0, 0.1) is 0 Å². The van der Waals surface area contributed by atoms with Crippen LogP contribution in [0.5, 0.6) is 5.75 Å². The van der Waals surface area contributed by atoms with E-state index >= 15 is 0 Å².